The molecule has 1 aromatic carbocycles. The van der Waals surface area contributed by atoms with Crippen LogP contribution in [0.4, 0.5) is 0 Å². The van der Waals surface area contributed by atoms with Crippen molar-refractivity contribution in [1.82, 2.24) is 5.32 Å². The molecule has 2 N–H and O–H groups in total. The standard InChI is InChI=1S/C12H15NO4/c1-8(17-2)11(14)13-10(12(15)16)9-6-4-3-5-7-9/h3-8,10H,1-2H3,(H,13,14)(H,15,16)/t8?,10-/m0/s1. The van der Waals surface area contributed by atoms with E-state index in [1.54, 1.807) is 37.3 Å². The Labute approximate surface area is 99.4 Å². The molecule has 0 spiro atoms. The number of ether oxygens (including phenoxy) is 1. The number of methoxy groups -OCH3 is 1. The molecule has 1 unspecified atom stereocenters. The second kappa shape index (κ2) is 6.00. The molecule has 17 heavy (non-hydrogen) atoms. The van der Waals surface area contributed by atoms with E-state index in [0.717, 1.165) is 0 Å². The van der Waals surface area contributed by atoms with Crippen molar-refractivity contribution < 1.29 is 19.4 Å². The van der Waals surface area contributed by atoms with Gasteiger partial charge in [-0.2, -0.15) is 0 Å². The first-order chi connectivity index (χ1) is 8.06. The number of amides is 1. The molecule has 0 heterocycles. The topological polar surface area (TPSA) is 75.6 Å². The molecule has 1 aromatic rings. The van der Waals surface area contributed by atoms with Crippen LogP contribution >= 0.6 is 0 Å². The quantitative estimate of drug-likeness (QED) is 0.800. The zero-order valence-electron chi connectivity index (χ0n) is 9.71. The van der Waals surface area contributed by atoms with Gasteiger partial charge in [-0.25, -0.2) is 4.79 Å². The van der Waals surface area contributed by atoms with E-state index in [-0.39, 0.29) is 0 Å². The van der Waals surface area contributed by atoms with E-state index in [0.29, 0.717) is 5.56 Å². The van der Waals surface area contributed by atoms with Gasteiger partial charge in [0.25, 0.3) is 0 Å². The number of nitrogens with one attached hydrogen (secondary N) is 1. The largest absolute Gasteiger partial charge is 0.479 e. The van der Waals surface area contributed by atoms with Gasteiger partial charge in [0, 0.05) is 7.11 Å². The van der Waals surface area contributed by atoms with E-state index >= 15 is 0 Å². The normalized spacial score (nSPS) is 13.8. The Morgan fingerprint density at radius 1 is 1.29 bits per heavy atom. The predicted molar refractivity (Wildman–Crippen MR) is 61.4 cm³/mol. The van der Waals surface area contributed by atoms with Gasteiger partial charge in [-0.05, 0) is 12.5 Å². The van der Waals surface area contributed by atoms with Crippen LogP contribution in [0, 0.1) is 0 Å². The fourth-order valence-electron chi connectivity index (χ4n) is 1.30. The lowest BCUT2D eigenvalue weighted by molar-refractivity contribution is -0.143. The van der Waals surface area contributed by atoms with Crippen molar-refractivity contribution >= 4 is 11.9 Å². The van der Waals surface area contributed by atoms with Crippen molar-refractivity contribution in [2.24, 2.45) is 0 Å². The van der Waals surface area contributed by atoms with E-state index in [1.807, 2.05) is 0 Å². The maximum atomic E-state index is 11.6. The van der Waals surface area contributed by atoms with Crippen LogP contribution in [0.5, 0.6) is 0 Å². The molecule has 5 nitrogen and oxygen atoms in total. The summed E-state index contributed by atoms with van der Waals surface area (Å²) in [5, 5.41) is 11.5. The van der Waals surface area contributed by atoms with Crippen molar-refractivity contribution in [3.8, 4) is 0 Å². The molecule has 1 rings (SSSR count). The van der Waals surface area contributed by atoms with Crippen LogP contribution in [-0.4, -0.2) is 30.2 Å². The molecule has 0 saturated heterocycles. The molecule has 0 fully saturated rings. The second-order valence-electron chi connectivity index (χ2n) is 3.57. The minimum Gasteiger partial charge on any atom is -0.479 e. The molecular formula is C12H15NO4. The number of rotatable bonds is 5. The SMILES string of the molecule is COC(C)C(=O)N[C@H](C(=O)O)c1ccccc1. The number of carbonyl (C=O) groups is 2. The number of carbonyl (C=O) groups excluding carboxylic acids is 1. The second-order valence-corrected chi connectivity index (χ2v) is 3.57. The highest BCUT2D eigenvalue weighted by Crippen LogP contribution is 2.12. The van der Waals surface area contributed by atoms with Gasteiger partial charge in [0.05, 0.1) is 0 Å². The van der Waals surface area contributed by atoms with Gasteiger partial charge in [-0.3, -0.25) is 4.79 Å². The van der Waals surface area contributed by atoms with Gasteiger partial charge in [0.15, 0.2) is 6.04 Å². The van der Waals surface area contributed by atoms with Crippen LogP contribution in [0.25, 0.3) is 0 Å². The van der Waals surface area contributed by atoms with Crippen LogP contribution in [0.3, 0.4) is 0 Å². The summed E-state index contributed by atoms with van der Waals surface area (Å²) in [6, 6.07) is 7.46. The summed E-state index contributed by atoms with van der Waals surface area (Å²) in [5.74, 6) is -1.56. The summed E-state index contributed by atoms with van der Waals surface area (Å²) in [6.45, 7) is 1.55. The van der Waals surface area contributed by atoms with E-state index in [9.17, 15) is 9.59 Å². The molecule has 92 valence electrons. The minimum atomic E-state index is -1.10. The predicted octanol–water partition coefficient (Wildman–Crippen LogP) is 0.963. The maximum absolute atomic E-state index is 11.6. The lowest BCUT2D eigenvalue weighted by Crippen LogP contribution is -2.39. The fourth-order valence-corrected chi connectivity index (χ4v) is 1.30. The molecule has 0 aromatic heterocycles. The Bertz CT molecular complexity index is 391. The smallest absolute Gasteiger partial charge is 0.330 e. The molecule has 1 amide bonds. The van der Waals surface area contributed by atoms with E-state index in [1.165, 1.54) is 7.11 Å². The van der Waals surface area contributed by atoms with Crippen molar-refractivity contribution in [3.05, 3.63) is 35.9 Å². The number of carboxylic acid groups (broad SMARTS) is 1. The molecule has 5 heteroatoms. The van der Waals surface area contributed by atoms with Crippen LogP contribution in [0.1, 0.15) is 18.5 Å². The summed E-state index contributed by atoms with van der Waals surface area (Å²) in [5.41, 5.74) is 0.525. The first kappa shape index (κ1) is 13.2. The molecule has 0 radical (unpaired) electrons. The van der Waals surface area contributed by atoms with Crippen molar-refractivity contribution in [2.75, 3.05) is 7.11 Å². The molecule has 0 saturated carbocycles. The summed E-state index contributed by atoms with van der Waals surface area (Å²) in [6.07, 6.45) is -0.680. The monoisotopic (exact) mass is 237 g/mol. The number of benzene rings is 1. The highest BCUT2D eigenvalue weighted by atomic mass is 16.5. The number of aliphatic carboxylic acids is 1. The number of hydrogen-bond donors (Lipinski definition) is 2. The lowest BCUT2D eigenvalue weighted by Gasteiger charge is -2.17. The van der Waals surface area contributed by atoms with Crippen molar-refractivity contribution in [3.63, 3.8) is 0 Å². The molecule has 0 bridgehead atoms. The minimum absolute atomic E-state index is 0.455. The Balaban J connectivity index is 2.82. The van der Waals surface area contributed by atoms with Crippen LogP contribution in [0.15, 0.2) is 30.3 Å². The van der Waals surface area contributed by atoms with Crippen LogP contribution in [-0.2, 0) is 14.3 Å². The summed E-state index contributed by atoms with van der Waals surface area (Å²) < 4.78 is 4.82. The maximum Gasteiger partial charge on any atom is 0.330 e. The van der Waals surface area contributed by atoms with Gasteiger partial charge in [-0.15, -0.1) is 0 Å². The van der Waals surface area contributed by atoms with Gasteiger partial charge < -0.3 is 15.2 Å². The van der Waals surface area contributed by atoms with Gasteiger partial charge in [0.2, 0.25) is 5.91 Å². The number of hydrogen-bond acceptors (Lipinski definition) is 3. The van der Waals surface area contributed by atoms with Gasteiger partial charge >= 0.3 is 5.97 Å². The Hall–Kier alpha value is -1.88. The van der Waals surface area contributed by atoms with Gasteiger partial charge in [0.1, 0.15) is 6.10 Å². The van der Waals surface area contributed by atoms with E-state index < -0.39 is 24.0 Å². The summed E-state index contributed by atoms with van der Waals surface area (Å²) >= 11 is 0. The molecular weight excluding hydrogens is 222 g/mol. The summed E-state index contributed by atoms with van der Waals surface area (Å²) in [4.78, 5) is 22.7. The Morgan fingerprint density at radius 3 is 2.35 bits per heavy atom. The first-order valence-electron chi connectivity index (χ1n) is 5.17. The van der Waals surface area contributed by atoms with E-state index in [2.05, 4.69) is 5.32 Å². The third-order valence-corrected chi connectivity index (χ3v) is 2.39. The highest BCUT2D eigenvalue weighted by Gasteiger charge is 2.24. The van der Waals surface area contributed by atoms with Crippen LogP contribution in [0.2, 0.25) is 0 Å². The average Bonchev–Trinajstić information content (AvgIpc) is 2.35. The molecule has 0 aliphatic heterocycles. The van der Waals surface area contributed by atoms with Crippen molar-refractivity contribution in [2.45, 2.75) is 19.1 Å². The lowest BCUT2D eigenvalue weighted by atomic mass is 10.1. The Kier molecular flexibility index (Phi) is 4.66. The zero-order chi connectivity index (χ0) is 12.8. The first-order valence-corrected chi connectivity index (χ1v) is 5.17. The van der Waals surface area contributed by atoms with Crippen molar-refractivity contribution in [1.29, 1.82) is 0 Å². The van der Waals surface area contributed by atoms with Crippen LogP contribution < -0.4 is 5.32 Å². The average molecular weight is 237 g/mol. The number of carboxylic acids is 1. The zero-order valence-corrected chi connectivity index (χ0v) is 9.71. The third-order valence-electron chi connectivity index (χ3n) is 2.39. The highest BCUT2D eigenvalue weighted by molar-refractivity contribution is 5.86. The molecule has 0 aliphatic rings. The summed E-state index contributed by atoms with van der Waals surface area (Å²) in [7, 11) is 1.39. The fraction of sp³-hybridized carbons (Fsp3) is 0.333. The van der Waals surface area contributed by atoms with E-state index in [4.69, 9.17) is 9.84 Å². The molecule has 2 atom stereocenters. The Morgan fingerprint density at radius 2 is 1.88 bits per heavy atom. The van der Waals surface area contributed by atoms with Gasteiger partial charge in [-0.1, -0.05) is 30.3 Å². The molecule has 0 aliphatic carbocycles. The third kappa shape index (κ3) is 3.57.